The first-order valence-electron chi connectivity index (χ1n) is 8.48. The van der Waals surface area contributed by atoms with Gasteiger partial charge in [0.1, 0.15) is 5.76 Å². The predicted octanol–water partition coefficient (Wildman–Crippen LogP) is 4.00. The van der Waals surface area contributed by atoms with Gasteiger partial charge in [-0.05, 0) is 43.1 Å². The predicted molar refractivity (Wildman–Crippen MR) is 111 cm³/mol. The second kappa shape index (κ2) is 7.32. The Morgan fingerprint density at radius 2 is 2.04 bits per heavy atom. The summed E-state index contributed by atoms with van der Waals surface area (Å²) >= 11 is 11.0. The summed E-state index contributed by atoms with van der Waals surface area (Å²) in [5, 5.41) is 7.69. The molecule has 1 aliphatic rings. The fourth-order valence-electron chi connectivity index (χ4n) is 3.29. The van der Waals surface area contributed by atoms with Gasteiger partial charge >= 0.3 is 0 Å². The third-order valence-corrected chi connectivity index (χ3v) is 4.84. The van der Waals surface area contributed by atoms with Crippen molar-refractivity contribution in [2.24, 2.45) is 16.3 Å². The quantitative estimate of drug-likeness (QED) is 0.531. The molecule has 0 bridgehead atoms. The summed E-state index contributed by atoms with van der Waals surface area (Å²) in [6.45, 7) is 6.08. The molecule has 0 unspecified atom stereocenters. The van der Waals surface area contributed by atoms with Crippen molar-refractivity contribution in [2.75, 3.05) is 5.32 Å². The molecule has 1 aliphatic carbocycles. The molecule has 0 saturated heterocycles. The number of thiocarbonyl (C=S) groups is 1. The van der Waals surface area contributed by atoms with Crippen LogP contribution in [0.1, 0.15) is 47.7 Å². The molecule has 0 saturated carbocycles. The average Bonchev–Trinajstić information content (AvgIpc) is 2.90. The van der Waals surface area contributed by atoms with E-state index in [1.165, 1.54) is 0 Å². The maximum atomic E-state index is 12.8. The summed E-state index contributed by atoms with van der Waals surface area (Å²) in [7, 11) is 0. The SMILES string of the molecule is Cc1c(C(=O)Nc2ccccc2Cl)oc2c1/C(=N\NC(N)=S)CC(C)(C)C2. The van der Waals surface area contributed by atoms with Crippen LogP contribution < -0.4 is 16.5 Å². The molecule has 6 nitrogen and oxygen atoms in total. The summed E-state index contributed by atoms with van der Waals surface area (Å²) in [5.41, 5.74) is 10.9. The number of hydrogen-bond acceptors (Lipinski definition) is 4. The number of hydrazone groups is 1. The number of nitrogens with two attached hydrogens (primary N) is 1. The number of carbonyl (C=O) groups is 1. The normalized spacial score (nSPS) is 16.7. The highest BCUT2D eigenvalue weighted by atomic mass is 35.5. The van der Waals surface area contributed by atoms with Crippen molar-refractivity contribution in [3.05, 3.63) is 51.9 Å². The Hall–Kier alpha value is -2.38. The zero-order chi connectivity index (χ0) is 19.8. The molecule has 1 aromatic heterocycles. The fraction of sp³-hybridized carbons (Fsp3) is 0.316. The molecule has 27 heavy (non-hydrogen) atoms. The van der Waals surface area contributed by atoms with E-state index < -0.39 is 0 Å². The Kier molecular flexibility index (Phi) is 5.26. The van der Waals surface area contributed by atoms with E-state index in [4.69, 9.17) is 34.0 Å². The van der Waals surface area contributed by atoms with Crippen LogP contribution in [0.15, 0.2) is 33.8 Å². The minimum Gasteiger partial charge on any atom is -0.455 e. The van der Waals surface area contributed by atoms with Crippen LogP contribution in [-0.4, -0.2) is 16.7 Å². The number of hydrogen-bond donors (Lipinski definition) is 3. The molecule has 2 aromatic rings. The van der Waals surface area contributed by atoms with E-state index in [2.05, 4.69) is 29.7 Å². The lowest BCUT2D eigenvalue weighted by atomic mass is 9.75. The van der Waals surface area contributed by atoms with Gasteiger partial charge in [0.2, 0.25) is 0 Å². The number of rotatable bonds is 3. The number of furan rings is 1. The Bertz CT molecular complexity index is 949. The van der Waals surface area contributed by atoms with Gasteiger partial charge < -0.3 is 15.5 Å². The van der Waals surface area contributed by atoms with E-state index in [0.717, 1.165) is 22.6 Å². The third-order valence-electron chi connectivity index (χ3n) is 4.42. The first kappa shape index (κ1) is 19.4. The van der Waals surface area contributed by atoms with Crippen LogP contribution >= 0.6 is 23.8 Å². The van der Waals surface area contributed by atoms with E-state index >= 15 is 0 Å². The van der Waals surface area contributed by atoms with Crippen LogP contribution in [0, 0.1) is 12.3 Å². The summed E-state index contributed by atoms with van der Waals surface area (Å²) in [5.74, 6) is 0.631. The number of fused-ring (bicyclic) bond motifs is 1. The van der Waals surface area contributed by atoms with Gasteiger partial charge in [0.25, 0.3) is 5.91 Å². The molecule has 142 valence electrons. The Labute approximate surface area is 168 Å². The van der Waals surface area contributed by atoms with E-state index in [1.54, 1.807) is 24.3 Å². The van der Waals surface area contributed by atoms with Crippen LogP contribution in [0.2, 0.25) is 5.02 Å². The van der Waals surface area contributed by atoms with E-state index in [0.29, 0.717) is 23.6 Å². The smallest absolute Gasteiger partial charge is 0.291 e. The standard InChI is InChI=1S/C19H21ClN4O2S/c1-10-15-13(23-24-18(21)27)8-19(2,3)9-14(15)26-16(10)17(25)22-12-7-5-4-6-11(12)20/h4-7H,8-9H2,1-3H3,(H,22,25)(H3,21,24,27)/b23-13-. The van der Waals surface area contributed by atoms with Crippen molar-refractivity contribution in [1.29, 1.82) is 0 Å². The molecular formula is C19H21ClN4O2S. The van der Waals surface area contributed by atoms with Crippen LogP contribution in [0.25, 0.3) is 0 Å². The molecule has 0 atom stereocenters. The largest absolute Gasteiger partial charge is 0.455 e. The fourth-order valence-corrected chi connectivity index (χ4v) is 3.52. The number of amides is 1. The number of nitrogens with one attached hydrogen (secondary N) is 2. The van der Waals surface area contributed by atoms with Gasteiger partial charge in [0.05, 0.1) is 16.4 Å². The van der Waals surface area contributed by atoms with Crippen LogP contribution in [0.3, 0.4) is 0 Å². The average molecular weight is 405 g/mol. The summed E-state index contributed by atoms with van der Waals surface area (Å²) in [4.78, 5) is 12.8. The monoisotopic (exact) mass is 404 g/mol. The van der Waals surface area contributed by atoms with Crippen molar-refractivity contribution >= 4 is 46.2 Å². The van der Waals surface area contributed by atoms with Gasteiger partial charge in [-0.15, -0.1) is 0 Å². The lowest BCUT2D eigenvalue weighted by Gasteiger charge is -2.29. The van der Waals surface area contributed by atoms with Crippen LogP contribution in [0.4, 0.5) is 5.69 Å². The first-order valence-corrected chi connectivity index (χ1v) is 9.27. The number of nitrogens with zero attached hydrogens (tertiary/aromatic N) is 1. The molecular weight excluding hydrogens is 384 g/mol. The summed E-state index contributed by atoms with van der Waals surface area (Å²) in [6, 6.07) is 7.05. The zero-order valence-corrected chi connectivity index (χ0v) is 16.9. The number of halogens is 1. The highest BCUT2D eigenvalue weighted by Gasteiger charge is 2.36. The highest BCUT2D eigenvalue weighted by molar-refractivity contribution is 7.80. The Morgan fingerprint density at radius 1 is 1.33 bits per heavy atom. The number of carbonyl (C=O) groups excluding carboxylic acids is 1. The van der Waals surface area contributed by atoms with Crippen molar-refractivity contribution < 1.29 is 9.21 Å². The van der Waals surface area contributed by atoms with Crippen molar-refractivity contribution in [2.45, 2.75) is 33.6 Å². The lowest BCUT2D eigenvalue weighted by Crippen LogP contribution is -2.31. The summed E-state index contributed by atoms with van der Waals surface area (Å²) < 4.78 is 5.96. The number of anilines is 1. The molecule has 3 rings (SSSR count). The molecule has 0 fully saturated rings. The maximum Gasteiger partial charge on any atom is 0.291 e. The molecule has 1 amide bonds. The van der Waals surface area contributed by atoms with Gasteiger partial charge in [-0.1, -0.05) is 37.6 Å². The van der Waals surface area contributed by atoms with Crippen LogP contribution in [0.5, 0.6) is 0 Å². The van der Waals surface area contributed by atoms with E-state index in [-0.39, 0.29) is 22.2 Å². The van der Waals surface area contributed by atoms with Gasteiger partial charge in [0, 0.05) is 17.5 Å². The molecule has 0 radical (unpaired) electrons. The van der Waals surface area contributed by atoms with E-state index in [9.17, 15) is 4.79 Å². The second-order valence-corrected chi connectivity index (χ2v) is 8.19. The first-order chi connectivity index (χ1) is 12.7. The van der Waals surface area contributed by atoms with Crippen molar-refractivity contribution in [3.8, 4) is 0 Å². The van der Waals surface area contributed by atoms with Crippen molar-refractivity contribution in [1.82, 2.24) is 5.43 Å². The molecule has 4 N–H and O–H groups in total. The maximum absolute atomic E-state index is 12.8. The minimum atomic E-state index is -0.352. The molecule has 0 aliphatic heterocycles. The third kappa shape index (κ3) is 4.14. The zero-order valence-electron chi connectivity index (χ0n) is 15.4. The van der Waals surface area contributed by atoms with Gasteiger partial charge in [-0.25, -0.2) is 0 Å². The van der Waals surface area contributed by atoms with Gasteiger partial charge in [-0.2, -0.15) is 5.10 Å². The molecule has 1 heterocycles. The molecule has 8 heteroatoms. The van der Waals surface area contributed by atoms with Crippen molar-refractivity contribution in [3.63, 3.8) is 0 Å². The van der Waals surface area contributed by atoms with Gasteiger partial charge in [0.15, 0.2) is 10.9 Å². The highest BCUT2D eigenvalue weighted by Crippen LogP contribution is 2.39. The lowest BCUT2D eigenvalue weighted by molar-refractivity contribution is 0.0993. The Morgan fingerprint density at radius 3 is 2.70 bits per heavy atom. The van der Waals surface area contributed by atoms with Crippen LogP contribution in [-0.2, 0) is 6.42 Å². The van der Waals surface area contributed by atoms with E-state index in [1.807, 2.05) is 6.92 Å². The summed E-state index contributed by atoms with van der Waals surface area (Å²) in [6.07, 6.45) is 1.41. The second-order valence-electron chi connectivity index (χ2n) is 7.34. The topological polar surface area (TPSA) is 92.6 Å². The number of benzene rings is 1. The molecule has 0 spiro atoms. The Balaban J connectivity index is 1.98. The molecule has 1 aromatic carbocycles. The number of para-hydroxylation sites is 1. The van der Waals surface area contributed by atoms with Gasteiger partial charge in [-0.3, -0.25) is 10.2 Å². The minimum absolute atomic E-state index is 0.0650.